The highest BCUT2D eigenvalue weighted by Crippen LogP contribution is 2.49. The van der Waals surface area contributed by atoms with Gasteiger partial charge in [-0.15, -0.1) is 0 Å². The number of fused-ring (bicyclic) bond motifs is 3. The molecule has 2 aromatic heterocycles. The van der Waals surface area contributed by atoms with Crippen LogP contribution in [0.5, 0.6) is 5.75 Å². The van der Waals surface area contributed by atoms with Crippen LogP contribution < -0.4 is 14.8 Å². The van der Waals surface area contributed by atoms with E-state index in [2.05, 4.69) is 30.0 Å². The van der Waals surface area contributed by atoms with Gasteiger partial charge in [0.1, 0.15) is 11.3 Å². The van der Waals surface area contributed by atoms with E-state index in [1.807, 2.05) is 43.5 Å². The van der Waals surface area contributed by atoms with Crippen LogP contribution in [-0.4, -0.2) is 76.8 Å². The van der Waals surface area contributed by atoms with E-state index in [-0.39, 0.29) is 29.6 Å². The maximum Gasteiger partial charge on any atom is 0.259 e. The van der Waals surface area contributed by atoms with Crippen molar-refractivity contribution >= 4 is 38.6 Å². The minimum absolute atomic E-state index is 0.0247. The van der Waals surface area contributed by atoms with Gasteiger partial charge in [-0.1, -0.05) is 26.0 Å². The number of aryl methyl sites for hydroxylation is 1. The molecule has 284 valence electrons. The molecule has 7 rings (SSSR count). The first-order chi connectivity index (χ1) is 25.2. The minimum Gasteiger partial charge on any atom is -0.496 e. The second kappa shape index (κ2) is 13.9. The van der Waals surface area contributed by atoms with Crippen molar-refractivity contribution in [2.24, 2.45) is 23.7 Å². The molecule has 3 amide bonds. The zero-order valence-electron chi connectivity index (χ0n) is 31.6. The summed E-state index contributed by atoms with van der Waals surface area (Å²) >= 11 is 0. The van der Waals surface area contributed by atoms with Gasteiger partial charge in [0.25, 0.3) is 5.91 Å². The van der Waals surface area contributed by atoms with Crippen LogP contribution in [0.1, 0.15) is 94.9 Å². The third-order valence-corrected chi connectivity index (χ3v) is 14.4. The maximum absolute atomic E-state index is 14.4. The summed E-state index contributed by atoms with van der Waals surface area (Å²) in [6.45, 7) is 8.41. The normalized spacial score (nSPS) is 27.8. The first kappa shape index (κ1) is 37.1. The predicted octanol–water partition coefficient (Wildman–Crippen LogP) is 5.12. The van der Waals surface area contributed by atoms with Gasteiger partial charge in [-0.2, -0.15) is 5.10 Å². The Morgan fingerprint density at radius 3 is 2.58 bits per heavy atom. The summed E-state index contributed by atoms with van der Waals surface area (Å²) in [5.41, 5.74) is 2.34. The molecule has 3 saturated carbocycles. The summed E-state index contributed by atoms with van der Waals surface area (Å²) in [7, 11) is -0.465. The van der Waals surface area contributed by atoms with Gasteiger partial charge >= 0.3 is 0 Å². The van der Waals surface area contributed by atoms with E-state index >= 15 is 0 Å². The number of methoxy groups -OCH3 is 1. The van der Waals surface area contributed by atoms with Crippen molar-refractivity contribution in [3.8, 4) is 11.6 Å². The lowest BCUT2D eigenvalue weighted by Gasteiger charge is -2.27. The average molecular weight is 745 g/mol. The molecule has 13 heteroatoms. The van der Waals surface area contributed by atoms with Gasteiger partial charge in [0.2, 0.25) is 21.8 Å². The highest BCUT2D eigenvalue weighted by molar-refractivity contribution is 7.91. The van der Waals surface area contributed by atoms with E-state index in [0.717, 1.165) is 52.7 Å². The Balaban J connectivity index is 1.21. The van der Waals surface area contributed by atoms with E-state index in [9.17, 15) is 22.8 Å². The number of ether oxygens (including phenoxy) is 1. The molecule has 0 spiro atoms. The largest absolute Gasteiger partial charge is 0.496 e. The van der Waals surface area contributed by atoms with Gasteiger partial charge in [-0.3, -0.25) is 19.1 Å². The van der Waals surface area contributed by atoms with Crippen molar-refractivity contribution in [2.75, 3.05) is 20.7 Å². The van der Waals surface area contributed by atoms with Crippen LogP contribution in [0.25, 0.3) is 16.7 Å². The first-order valence-corrected chi connectivity index (χ1v) is 20.5. The number of pyridine rings is 1. The third kappa shape index (κ3) is 6.97. The Morgan fingerprint density at radius 2 is 1.89 bits per heavy atom. The Hall–Kier alpha value is -4.26. The second-order valence-corrected chi connectivity index (χ2v) is 18.6. The number of amides is 3. The zero-order chi connectivity index (χ0) is 37.9. The van der Waals surface area contributed by atoms with E-state index in [4.69, 9.17) is 14.8 Å². The van der Waals surface area contributed by atoms with Gasteiger partial charge in [0.05, 0.1) is 23.1 Å². The van der Waals surface area contributed by atoms with Gasteiger partial charge in [-0.25, -0.2) is 18.1 Å². The Labute approximate surface area is 312 Å². The van der Waals surface area contributed by atoms with Gasteiger partial charge in [0, 0.05) is 48.5 Å². The molecule has 2 N–H and O–H groups in total. The van der Waals surface area contributed by atoms with Crippen LogP contribution in [0.4, 0.5) is 0 Å². The fourth-order valence-corrected chi connectivity index (χ4v) is 9.58. The number of carbonyl (C=O) groups excluding carboxylic acids is 3. The number of sulfonamides is 1. The average Bonchev–Trinajstić information content (AvgIpc) is 3.89. The van der Waals surface area contributed by atoms with Crippen LogP contribution in [-0.2, 0) is 30.8 Å². The molecule has 3 heterocycles. The molecule has 4 aliphatic rings. The number of rotatable bonds is 8. The fraction of sp³-hybridized carbons (Fsp3) is 0.575. The third-order valence-electron chi connectivity index (χ3n) is 12.2. The van der Waals surface area contributed by atoms with Gasteiger partial charge in [-0.05, 0) is 113 Å². The monoisotopic (exact) mass is 744 g/mol. The molecule has 1 aliphatic heterocycles. The van der Waals surface area contributed by atoms with Gasteiger partial charge in [0.15, 0.2) is 5.82 Å². The standard InChI is InChI=1S/C40H52N6O6S/c1-24(2)32-14-18-46(43-32)34-22-27(29-12-13-33(52-6)25(3)35(29)41-34)19-26-20-30-31(21-26)37(48)45(5)17-10-8-7-9-11-28-23-40(28,42-36(30)47)38(49)44-53(50,51)39(4)15-16-39/h9,11-14,18,22,24,26,28,30-31H,7-8,10,15-17,19-21,23H2,1-6H3,(H,42,47)(H,44,49)/b11-9-/t26-,28-,30-,31-,40-/m1/s1. The Kier molecular flexibility index (Phi) is 9.70. The number of carbonyl (C=O) groups is 3. The Bertz CT molecular complexity index is 2090. The summed E-state index contributed by atoms with van der Waals surface area (Å²) in [5, 5.41) is 8.80. The number of allylic oxidation sites excluding steroid dienone is 1. The summed E-state index contributed by atoms with van der Waals surface area (Å²) in [5.74, 6) is -1.10. The SMILES string of the molecule is COc1ccc2c(C[C@@H]3C[C@H]4C(=O)N[C@]5(C(=O)NS(=O)(=O)C6(C)CC6)C[C@H]5/C=C\CCCCN(C)C(=O)[C@@H]4C3)cc(-n3ccc(C(C)C)n3)nc2c1C. The number of nitrogens with one attached hydrogen (secondary N) is 2. The highest BCUT2D eigenvalue weighted by Gasteiger charge is 2.63. The lowest BCUT2D eigenvalue weighted by atomic mass is 9.93. The first-order valence-electron chi connectivity index (χ1n) is 19.0. The summed E-state index contributed by atoms with van der Waals surface area (Å²) in [6, 6.07) is 8.02. The molecule has 3 aromatic rings. The molecule has 0 bridgehead atoms. The molecule has 0 unspecified atom stereocenters. The van der Waals surface area contributed by atoms with Crippen molar-refractivity contribution in [3.63, 3.8) is 0 Å². The van der Waals surface area contributed by atoms with E-state index < -0.39 is 38.1 Å². The van der Waals surface area contributed by atoms with Crippen LogP contribution in [0, 0.1) is 30.6 Å². The molecule has 5 atom stereocenters. The molecule has 0 radical (unpaired) electrons. The smallest absolute Gasteiger partial charge is 0.259 e. The fourth-order valence-electron chi connectivity index (χ4n) is 8.27. The van der Waals surface area contributed by atoms with Crippen LogP contribution >= 0.6 is 0 Å². The molecule has 3 fully saturated rings. The lowest BCUT2D eigenvalue weighted by molar-refractivity contribution is -0.140. The summed E-state index contributed by atoms with van der Waals surface area (Å²) < 4.78 is 35.0. The topological polar surface area (TPSA) is 153 Å². The number of benzene rings is 1. The molecular weight excluding hydrogens is 693 g/mol. The minimum atomic E-state index is -3.91. The lowest BCUT2D eigenvalue weighted by Crippen LogP contribution is -2.55. The number of aromatic nitrogens is 3. The van der Waals surface area contributed by atoms with Crippen LogP contribution in [0.15, 0.2) is 42.6 Å². The highest BCUT2D eigenvalue weighted by atomic mass is 32.2. The van der Waals surface area contributed by atoms with Crippen molar-refractivity contribution < 1.29 is 27.5 Å². The number of hydrogen-bond donors (Lipinski definition) is 2. The second-order valence-electron chi connectivity index (χ2n) is 16.4. The Morgan fingerprint density at radius 1 is 1.13 bits per heavy atom. The quantitative estimate of drug-likeness (QED) is 0.302. The number of hydrogen-bond acceptors (Lipinski definition) is 8. The predicted molar refractivity (Wildman–Crippen MR) is 202 cm³/mol. The van der Waals surface area contributed by atoms with Crippen molar-refractivity contribution in [1.29, 1.82) is 0 Å². The van der Waals surface area contributed by atoms with Crippen LogP contribution in [0.2, 0.25) is 0 Å². The van der Waals surface area contributed by atoms with Gasteiger partial charge < -0.3 is 15.0 Å². The van der Waals surface area contributed by atoms with Crippen molar-refractivity contribution in [3.05, 3.63) is 59.4 Å². The van der Waals surface area contributed by atoms with Crippen LogP contribution in [0.3, 0.4) is 0 Å². The molecule has 0 saturated heterocycles. The summed E-state index contributed by atoms with van der Waals surface area (Å²) in [6.07, 6.45) is 11.1. The molecular formula is C40H52N6O6S. The molecule has 1 aromatic carbocycles. The summed E-state index contributed by atoms with van der Waals surface area (Å²) in [4.78, 5) is 49.1. The van der Waals surface area contributed by atoms with Crippen molar-refractivity contribution in [2.45, 2.75) is 102 Å². The molecule has 53 heavy (non-hydrogen) atoms. The maximum atomic E-state index is 14.4. The molecule has 12 nitrogen and oxygen atoms in total. The van der Waals surface area contributed by atoms with E-state index in [1.165, 1.54) is 0 Å². The van der Waals surface area contributed by atoms with E-state index in [1.54, 1.807) is 30.7 Å². The zero-order valence-corrected chi connectivity index (χ0v) is 32.5. The number of nitrogens with zero attached hydrogens (tertiary/aromatic N) is 4. The van der Waals surface area contributed by atoms with E-state index in [0.29, 0.717) is 50.9 Å². The van der Waals surface area contributed by atoms with Crippen molar-refractivity contribution in [1.82, 2.24) is 29.7 Å². The molecule has 3 aliphatic carbocycles.